The highest BCUT2D eigenvalue weighted by Gasteiger charge is 2.15. The molecule has 4 heteroatoms. The molecule has 0 saturated carbocycles. The highest BCUT2D eigenvalue weighted by Crippen LogP contribution is 2.20. The van der Waals surface area contributed by atoms with Gasteiger partial charge in [0, 0.05) is 12.8 Å². The molecule has 1 atom stereocenters. The Hall–Kier alpha value is -2.62. The molecule has 0 aliphatic rings. The average molecular weight is 297 g/mol. The molecule has 2 aromatic rings. The van der Waals surface area contributed by atoms with Crippen LogP contribution in [-0.4, -0.2) is 22.0 Å². The molecule has 0 radical (unpaired) electrons. The topological polar surface area (TPSA) is 69.9 Å². The van der Waals surface area contributed by atoms with E-state index in [9.17, 15) is 4.79 Å². The Morgan fingerprint density at radius 3 is 2.18 bits per heavy atom. The van der Waals surface area contributed by atoms with Crippen LogP contribution in [0.5, 0.6) is 0 Å². The summed E-state index contributed by atoms with van der Waals surface area (Å²) >= 11 is 0. The van der Waals surface area contributed by atoms with Crippen LogP contribution in [0.15, 0.2) is 59.8 Å². The van der Waals surface area contributed by atoms with Gasteiger partial charge < -0.3 is 10.3 Å². The molecule has 0 aliphatic heterocycles. The maximum Gasteiger partial charge on any atom is 0.306 e. The van der Waals surface area contributed by atoms with E-state index in [-0.39, 0.29) is 6.42 Å². The quantitative estimate of drug-likeness (QED) is 0.483. The van der Waals surface area contributed by atoms with Crippen LogP contribution in [0, 0.1) is 5.92 Å². The van der Waals surface area contributed by atoms with Gasteiger partial charge in [0.2, 0.25) is 0 Å². The molecule has 0 heterocycles. The van der Waals surface area contributed by atoms with Crippen molar-refractivity contribution in [1.29, 1.82) is 0 Å². The monoisotopic (exact) mass is 297 g/mol. The lowest BCUT2D eigenvalue weighted by molar-refractivity contribution is -0.140. The predicted molar refractivity (Wildman–Crippen MR) is 86.2 cm³/mol. The number of carboxylic acid groups (broad SMARTS) is 1. The summed E-state index contributed by atoms with van der Waals surface area (Å²) in [6, 6.07) is 18.0. The van der Waals surface area contributed by atoms with E-state index in [2.05, 4.69) is 5.16 Å². The van der Waals surface area contributed by atoms with Gasteiger partial charge in [-0.1, -0.05) is 66.7 Å². The number of oxime groups is 1. The third kappa shape index (κ3) is 4.19. The Bertz CT molecular complexity index is 648. The lowest BCUT2D eigenvalue weighted by Gasteiger charge is -2.09. The van der Waals surface area contributed by atoms with Crippen LogP contribution in [0.25, 0.3) is 11.1 Å². The summed E-state index contributed by atoms with van der Waals surface area (Å²) in [5.74, 6) is -1.45. The van der Waals surface area contributed by atoms with Crippen molar-refractivity contribution in [2.45, 2.75) is 19.8 Å². The van der Waals surface area contributed by atoms with E-state index in [4.69, 9.17) is 10.3 Å². The number of hydrogen-bond donors (Lipinski definition) is 2. The number of rotatable bonds is 6. The van der Waals surface area contributed by atoms with Crippen molar-refractivity contribution in [3.63, 3.8) is 0 Å². The number of carbonyl (C=O) groups is 1. The van der Waals surface area contributed by atoms with Crippen molar-refractivity contribution in [1.82, 2.24) is 0 Å². The summed E-state index contributed by atoms with van der Waals surface area (Å²) in [5.41, 5.74) is 3.72. The third-order valence-corrected chi connectivity index (χ3v) is 3.57. The minimum atomic E-state index is -0.888. The second-order valence-electron chi connectivity index (χ2n) is 5.35. The molecule has 2 N–H and O–H groups in total. The van der Waals surface area contributed by atoms with Gasteiger partial charge in [-0.3, -0.25) is 4.79 Å². The Kier molecular flexibility index (Phi) is 5.31. The van der Waals surface area contributed by atoms with Gasteiger partial charge in [0.15, 0.2) is 0 Å². The summed E-state index contributed by atoms with van der Waals surface area (Å²) in [5, 5.41) is 21.2. The van der Waals surface area contributed by atoms with Crippen LogP contribution >= 0.6 is 0 Å². The first-order chi connectivity index (χ1) is 10.6. The fourth-order valence-corrected chi connectivity index (χ4v) is 2.27. The number of aliphatic carboxylic acids is 1. The zero-order valence-corrected chi connectivity index (χ0v) is 12.4. The van der Waals surface area contributed by atoms with Crippen LogP contribution < -0.4 is 0 Å². The third-order valence-electron chi connectivity index (χ3n) is 3.57. The Balaban J connectivity index is 2.06. The molecule has 0 spiro atoms. The number of benzene rings is 2. The van der Waals surface area contributed by atoms with Crippen molar-refractivity contribution < 1.29 is 15.1 Å². The van der Waals surface area contributed by atoms with E-state index >= 15 is 0 Å². The van der Waals surface area contributed by atoms with E-state index in [1.807, 2.05) is 54.6 Å². The minimum absolute atomic E-state index is 0.242. The molecular weight excluding hydrogens is 278 g/mol. The summed E-state index contributed by atoms with van der Waals surface area (Å²) in [6.07, 6.45) is 0.690. The van der Waals surface area contributed by atoms with Gasteiger partial charge >= 0.3 is 5.97 Å². The molecule has 4 nitrogen and oxygen atoms in total. The van der Waals surface area contributed by atoms with E-state index in [0.29, 0.717) is 12.1 Å². The fraction of sp³-hybridized carbons (Fsp3) is 0.222. The molecule has 0 saturated heterocycles. The van der Waals surface area contributed by atoms with Crippen LogP contribution in [0.4, 0.5) is 0 Å². The highest BCUT2D eigenvalue weighted by atomic mass is 16.4. The highest BCUT2D eigenvalue weighted by molar-refractivity contribution is 5.89. The van der Waals surface area contributed by atoms with Crippen molar-refractivity contribution in [3.8, 4) is 11.1 Å². The molecule has 2 aromatic carbocycles. The molecule has 1 unspecified atom stereocenters. The Labute approximate surface area is 129 Å². The van der Waals surface area contributed by atoms with Crippen molar-refractivity contribution >= 4 is 11.7 Å². The van der Waals surface area contributed by atoms with E-state index in [1.165, 1.54) is 0 Å². The van der Waals surface area contributed by atoms with E-state index in [0.717, 1.165) is 16.7 Å². The van der Waals surface area contributed by atoms with Crippen LogP contribution in [0.3, 0.4) is 0 Å². The van der Waals surface area contributed by atoms with Gasteiger partial charge in [-0.15, -0.1) is 0 Å². The number of hydrogen-bond acceptors (Lipinski definition) is 3. The van der Waals surface area contributed by atoms with Gasteiger partial charge in [-0.25, -0.2) is 0 Å². The first-order valence-corrected chi connectivity index (χ1v) is 7.17. The second kappa shape index (κ2) is 7.41. The zero-order chi connectivity index (χ0) is 15.9. The Morgan fingerprint density at radius 1 is 1.05 bits per heavy atom. The van der Waals surface area contributed by atoms with Gasteiger partial charge in [0.25, 0.3) is 0 Å². The molecule has 114 valence electrons. The maximum absolute atomic E-state index is 10.9. The minimum Gasteiger partial charge on any atom is -0.481 e. The molecule has 0 aliphatic carbocycles. The summed E-state index contributed by atoms with van der Waals surface area (Å²) < 4.78 is 0. The van der Waals surface area contributed by atoms with Crippen molar-refractivity contribution in [2.75, 3.05) is 0 Å². The first-order valence-electron chi connectivity index (χ1n) is 7.17. The van der Waals surface area contributed by atoms with Crippen LogP contribution in [0.2, 0.25) is 0 Å². The lowest BCUT2D eigenvalue weighted by Crippen LogP contribution is -2.16. The normalized spacial score (nSPS) is 12.9. The molecule has 2 rings (SSSR count). The summed E-state index contributed by atoms with van der Waals surface area (Å²) in [4.78, 5) is 10.9. The van der Waals surface area contributed by atoms with E-state index in [1.54, 1.807) is 6.92 Å². The molecular formula is C18H19NO3. The van der Waals surface area contributed by atoms with Crippen molar-refractivity contribution in [2.24, 2.45) is 11.1 Å². The van der Waals surface area contributed by atoms with Crippen LogP contribution in [-0.2, 0) is 11.2 Å². The van der Waals surface area contributed by atoms with Gasteiger partial charge in [-0.05, 0) is 16.7 Å². The van der Waals surface area contributed by atoms with Crippen molar-refractivity contribution in [3.05, 3.63) is 60.2 Å². The molecule has 0 bridgehead atoms. The van der Waals surface area contributed by atoms with Gasteiger partial charge in [-0.2, -0.15) is 0 Å². The summed E-state index contributed by atoms with van der Waals surface area (Å²) in [6.45, 7) is 1.60. The molecule has 0 aromatic heterocycles. The average Bonchev–Trinajstić information content (AvgIpc) is 2.55. The Morgan fingerprint density at radius 2 is 1.64 bits per heavy atom. The smallest absolute Gasteiger partial charge is 0.306 e. The van der Waals surface area contributed by atoms with Crippen LogP contribution in [0.1, 0.15) is 18.9 Å². The first kappa shape index (κ1) is 15.8. The zero-order valence-electron chi connectivity index (χ0n) is 12.4. The molecule has 22 heavy (non-hydrogen) atoms. The number of nitrogens with zero attached hydrogens (tertiary/aromatic N) is 1. The molecule has 0 amide bonds. The maximum atomic E-state index is 10.9. The second-order valence-corrected chi connectivity index (χ2v) is 5.35. The van der Waals surface area contributed by atoms with Gasteiger partial charge in [0.05, 0.1) is 11.6 Å². The number of carboxylic acids is 1. The SMILES string of the molecule is CC(C/C(Cc1ccc(-c2ccccc2)cc1)=N\O)C(=O)O. The lowest BCUT2D eigenvalue weighted by atomic mass is 9.97. The fourth-order valence-electron chi connectivity index (χ4n) is 2.27. The van der Waals surface area contributed by atoms with Gasteiger partial charge in [0.1, 0.15) is 0 Å². The predicted octanol–water partition coefficient (Wildman–Crippen LogP) is 3.84. The van der Waals surface area contributed by atoms with E-state index < -0.39 is 11.9 Å². The molecule has 0 fully saturated rings. The standard InChI is InChI=1S/C18H19NO3/c1-13(18(20)21)11-17(19-22)12-14-7-9-16(10-8-14)15-5-3-2-4-6-15/h2-10,13,22H,11-12H2,1H3,(H,20,21)/b19-17+. The largest absolute Gasteiger partial charge is 0.481 e. The summed E-state index contributed by atoms with van der Waals surface area (Å²) in [7, 11) is 0.